The number of carbonyl (C=O) groups is 1. The second-order valence-electron chi connectivity index (χ2n) is 4.04. The topological polar surface area (TPSA) is 81.5 Å². The van der Waals surface area contributed by atoms with E-state index in [1.807, 2.05) is 0 Å². The molecule has 10 heteroatoms. The van der Waals surface area contributed by atoms with Crippen LogP contribution in [0.15, 0.2) is 30.5 Å². The van der Waals surface area contributed by atoms with Crippen molar-refractivity contribution in [3.05, 3.63) is 41.1 Å². The molecule has 1 heterocycles. The van der Waals surface area contributed by atoms with E-state index < -0.39 is 17.2 Å². The van der Waals surface area contributed by atoms with Crippen LogP contribution in [-0.4, -0.2) is 28.4 Å². The van der Waals surface area contributed by atoms with Crippen LogP contribution in [0.3, 0.4) is 0 Å². The van der Waals surface area contributed by atoms with Gasteiger partial charge in [-0.1, -0.05) is 34.6 Å². The van der Waals surface area contributed by atoms with Crippen molar-refractivity contribution in [2.24, 2.45) is 0 Å². The molecule has 0 saturated heterocycles. The largest absolute Gasteiger partial charge is 0.503 e. The maximum atomic E-state index is 12.5. The Bertz CT molecular complexity index is 743. The molecule has 6 nitrogen and oxygen atoms in total. The van der Waals surface area contributed by atoms with Crippen molar-refractivity contribution in [3.63, 3.8) is 0 Å². The van der Waals surface area contributed by atoms with Gasteiger partial charge in [0.15, 0.2) is 0 Å². The summed E-state index contributed by atoms with van der Waals surface area (Å²) in [5, 5.41) is 14.0. The maximum Gasteiger partial charge on any atom is 0.445 e. The van der Waals surface area contributed by atoms with E-state index in [1.165, 1.54) is 25.3 Å². The molecule has 0 bridgehead atoms. The van der Waals surface area contributed by atoms with Gasteiger partial charge in [0.1, 0.15) is 11.3 Å². The van der Waals surface area contributed by atoms with Gasteiger partial charge in [-0.2, -0.15) is 13.2 Å². The van der Waals surface area contributed by atoms with Crippen molar-refractivity contribution in [2.75, 3.05) is 7.11 Å². The van der Waals surface area contributed by atoms with E-state index in [0.717, 1.165) is 6.26 Å². The Morgan fingerprint density at radius 2 is 2.00 bits per heavy atom. The second-order valence-corrected chi connectivity index (χ2v) is 4.98. The molecule has 0 amide bonds. The molecule has 1 aromatic heterocycles. The number of nitrogens with zero attached hydrogens (tertiary/aromatic N) is 2. The van der Waals surface area contributed by atoms with Gasteiger partial charge in [0, 0.05) is 5.56 Å². The summed E-state index contributed by atoms with van der Waals surface area (Å²) in [5.41, 5.74) is -0.0886. The first-order valence-electron chi connectivity index (χ1n) is 5.97. The van der Waals surface area contributed by atoms with Gasteiger partial charge in [0.2, 0.25) is 5.01 Å². The molecule has 122 valence electrons. The van der Waals surface area contributed by atoms with Crippen LogP contribution in [0.2, 0.25) is 0 Å². The Labute approximate surface area is 131 Å². The highest BCUT2D eigenvalue weighted by molar-refractivity contribution is 7.13. The van der Waals surface area contributed by atoms with Crippen LogP contribution >= 0.6 is 11.3 Å². The lowest BCUT2D eigenvalue weighted by Crippen LogP contribution is -2.03. The van der Waals surface area contributed by atoms with E-state index in [4.69, 9.17) is 9.47 Å². The second kappa shape index (κ2) is 6.65. The molecular formula is C13H9F3N2O4S. The van der Waals surface area contributed by atoms with Crippen molar-refractivity contribution < 1.29 is 32.5 Å². The fourth-order valence-electron chi connectivity index (χ4n) is 1.58. The molecule has 0 unspecified atom stereocenters. The lowest BCUT2D eigenvalue weighted by atomic mass is 10.1. The molecular weight excluding hydrogens is 337 g/mol. The van der Waals surface area contributed by atoms with Gasteiger partial charge in [0.25, 0.3) is 5.19 Å². The van der Waals surface area contributed by atoms with Crippen LogP contribution in [0, 0.1) is 0 Å². The number of aliphatic carboxylic acids is 1. The predicted molar refractivity (Wildman–Crippen MR) is 74.0 cm³/mol. The molecule has 0 radical (unpaired) electrons. The highest BCUT2D eigenvalue weighted by Gasteiger charge is 2.36. The van der Waals surface area contributed by atoms with Crippen LogP contribution in [0.5, 0.6) is 10.9 Å². The first kappa shape index (κ1) is 16.7. The van der Waals surface area contributed by atoms with E-state index in [0.29, 0.717) is 0 Å². The average Bonchev–Trinajstić information content (AvgIpc) is 2.94. The first-order chi connectivity index (χ1) is 10.8. The standard InChI is InChI=1S/C13H9F3N2O4S/c1-21-6-8(10(19)20)7-4-2-3-5-9(7)22-12-18-17-11(23-12)13(14,15)16/h2-6H,1H3,(H,19,20)/b8-6+. The minimum absolute atomic E-state index is 0.0167. The number of hydrogen-bond donors (Lipinski definition) is 1. The summed E-state index contributed by atoms with van der Waals surface area (Å²) >= 11 is 0.209. The third-order valence-corrected chi connectivity index (χ3v) is 3.34. The molecule has 0 fully saturated rings. The normalized spacial score (nSPS) is 12.1. The van der Waals surface area contributed by atoms with Crippen molar-refractivity contribution in [1.29, 1.82) is 0 Å². The summed E-state index contributed by atoms with van der Waals surface area (Å²) in [5.74, 6) is -1.26. The van der Waals surface area contributed by atoms with Crippen LogP contribution in [0.25, 0.3) is 5.57 Å². The van der Waals surface area contributed by atoms with Crippen molar-refractivity contribution in [2.45, 2.75) is 6.18 Å². The van der Waals surface area contributed by atoms with Crippen LogP contribution in [-0.2, 0) is 15.7 Å². The van der Waals surface area contributed by atoms with Crippen LogP contribution < -0.4 is 4.74 Å². The summed E-state index contributed by atoms with van der Waals surface area (Å²) in [6, 6.07) is 5.92. The molecule has 0 aliphatic rings. The molecule has 0 aliphatic heterocycles. The first-order valence-corrected chi connectivity index (χ1v) is 6.78. The molecule has 0 saturated carbocycles. The summed E-state index contributed by atoms with van der Waals surface area (Å²) < 4.78 is 47.5. The smallest absolute Gasteiger partial charge is 0.445 e. The van der Waals surface area contributed by atoms with E-state index >= 15 is 0 Å². The Morgan fingerprint density at radius 3 is 2.57 bits per heavy atom. The zero-order valence-corrected chi connectivity index (χ0v) is 12.3. The van der Waals surface area contributed by atoms with Crippen molar-refractivity contribution in [3.8, 4) is 10.9 Å². The number of rotatable bonds is 5. The Morgan fingerprint density at radius 1 is 1.30 bits per heavy atom. The van der Waals surface area contributed by atoms with E-state index in [2.05, 4.69) is 10.2 Å². The number of halogens is 3. The van der Waals surface area contributed by atoms with E-state index in [-0.39, 0.29) is 33.4 Å². The lowest BCUT2D eigenvalue weighted by Gasteiger charge is -2.09. The van der Waals surface area contributed by atoms with Crippen LogP contribution in [0.1, 0.15) is 10.6 Å². The number of carboxylic acid groups (broad SMARTS) is 1. The highest BCUT2D eigenvalue weighted by Crippen LogP contribution is 2.37. The van der Waals surface area contributed by atoms with Gasteiger partial charge in [0.05, 0.1) is 13.4 Å². The Kier molecular flexibility index (Phi) is 4.84. The van der Waals surface area contributed by atoms with Crippen LogP contribution in [0.4, 0.5) is 13.2 Å². The molecule has 2 aromatic rings. The zero-order chi connectivity index (χ0) is 17.0. The van der Waals surface area contributed by atoms with Gasteiger partial charge in [-0.15, -0.1) is 5.10 Å². The van der Waals surface area contributed by atoms with Gasteiger partial charge in [-0.3, -0.25) is 0 Å². The third kappa shape index (κ3) is 3.97. The third-order valence-electron chi connectivity index (χ3n) is 2.49. The minimum atomic E-state index is -4.62. The highest BCUT2D eigenvalue weighted by atomic mass is 32.1. The molecule has 0 atom stereocenters. The quantitative estimate of drug-likeness (QED) is 0.660. The summed E-state index contributed by atoms with van der Waals surface area (Å²) in [4.78, 5) is 11.3. The monoisotopic (exact) mass is 346 g/mol. The number of alkyl halides is 3. The van der Waals surface area contributed by atoms with Crippen molar-refractivity contribution in [1.82, 2.24) is 10.2 Å². The van der Waals surface area contributed by atoms with Gasteiger partial charge in [-0.25, -0.2) is 4.79 Å². The number of para-hydroxylation sites is 1. The SMILES string of the molecule is CO/C=C(/C(=O)O)c1ccccc1Oc1nnc(C(F)(F)F)s1. The Balaban J connectivity index is 2.36. The average molecular weight is 346 g/mol. The zero-order valence-electron chi connectivity index (χ0n) is 11.5. The molecule has 1 N–H and O–H groups in total. The summed E-state index contributed by atoms with van der Waals surface area (Å²) in [6.45, 7) is 0. The maximum absolute atomic E-state index is 12.5. The number of aromatic nitrogens is 2. The predicted octanol–water partition coefficient (Wildman–Crippen LogP) is 3.42. The van der Waals surface area contributed by atoms with Gasteiger partial charge >= 0.3 is 12.1 Å². The fourth-order valence-corrected chi connectivity index (χ4v) is 2.16. The minimum Gasteiger partial charge on any atom is -0.503 e. The molecule has 2 rings (SSSR count). The summed E-state index contributed by atoms with van der Waals surface area (Å²) in [7, 11) is 1.27. The summed E-state index contributed by atoms with van der Waals surface area (Å²) in [6.07, 6.45) is -3.63. The number of benzene rings is 1. The number of carboxylic acids is 1. The Hall–Kier alpha value is -2.62. The van der Waals surface area contributed by atoms with E-state index in [1.54, 1.807) is 6.07 Å². The van der Waals surface area contributed by atoms with Crippen molar-refractivity contribution >= 4 is 22.9 Å². The lowest BCUT2D eigenvalue weighted by molar-refractivity contribution is -0.138. The molecule has 1 aromatic carbocycles. The fraction of sp³-hybridized carbons (Fsp3) is 0.154. The van der Waals surface area contributed by atoms with Gasteiger partial charge < -0.3 is 14.6 Å². The molecule has 0 spiro atoms. The molecule has 0 aliphatic carbocycles. The molecule has 23 heavy (non-hydrogen) atoms. The number of ether oxygens (including phenoxy) is 2. The van der Waals surface area contributed by atoms with E-state index in [9.17, 15) is 23.1 Å². The number of methoxy groups -OCH3 is 1. The number of hydrogen-bond acceptors (Lipinski definition) is 6. The van der Waals surface area contributed by atoms with Gasteiger partial charge in [-0.05, 0) is 6.07 Å².